The summed E-state index contributed by atoms with van der Waals surface area (Å²) in [5.41, 5.74) is -0.519. The monoisotopic (exact) mass is 219 g/mol. The van der Waals surface area contributed by atoms with Gasteiger partial charge < -0.3 is 15.2 Å². The fourth-order valence-corrected chi connectivity index (χ4v) is 2.12. The first-order valence-electron chi connectivity index (χ1n) is 5.35. The molecule has 0 aliphatic carbocycles. The maximum Gasteiger partial charge on any atom is 0.0815 e. The predicted octanol–water partition coefficient (Wildman–Crippen LogP) is 0.871. The third-order valence-electron chi connectivity index (χ3n) is 2.50. The van der Waals surface area contributed by atoms with Crippen LogP contribution in [-0.4, -0.2) is 48.5 Å². The van der Waals surface area contributed by atoms with E-state index >= 15 is 0 Å². The molecule has 0 radical (unpaired) electrons. The minimum Gasteiger partial charge on any atom is -0.388 e. The van der Waals surface area contributed by atoms with Crippen molar-refractivity contribution in [3.63, 3.8) is 0 Å². The maximum absolute atomic E-state index is 10.1. The zero-order valence-corrected chi connectivity index (χ0v) is 9.74. The van der Waals surface area contributed by atoms with E-state index in [-0.39, 0.29) is 0 Å². The van der Waals surface area contributed by atoms with Gasteiger partial charge >= 0.3 is 0 Å². The molecule has 1 heterocycles. The summed E-state index contributed by atoms with van der Waals surface area (Å²) < 4.78 is 5.22. The lowest BCUT2D eigenvalue weighted by atomic mass is 9.94. The van der Waals surface area contributed by atoms with Crippen molar-refractivity contribution in [1.29, 1.82) is 0 Å². The molecule has 1 saturated heterocycles. The number of rotatable bonds is 6. The highest BCUT2D eigenvalue weighted by atomic mass is 32.2. The Morgan fingerprint density at radius 1 is 1.43 bits per heavy atom. The van der Waals surface area contributed by atoms with Crippen molar-refractivity contribution in [2.45, 2.75) is 25.4 Å². The van der Waals surface area contributed by atoms with Gasteiger partial charge in [-0.2, -0.15) is 11.8 Å². The first-order chi connectivity index (χ1) is 6.77. The second-order valence-corrected chi connectivity index (χ2v) is 5.10. The maximum atomic E-state index is 10.1. The third-order valence-corrected chi connectivity index (χ3v) is 3.41. The molecule has 4 heteroatoms. The van der Waals surface area contributed by atoms with Gasteiger partial charge in [0, 0.05) is 44.9 Å². The molecule has 0 aromatic heterocycles. The number of aliphatic hydroxyl groups is 1. The van der Waals surface area contributed by atoms with Crippen molar-refractivity contribution in [2.75, 3.05) is 37.8 Å². The van der Waals surface area contributed by atoms with Gasteiger partial charge in [-0.3, -0.25) is 0 Å². The summed E-state index contributed by atoms with van der Waals surface area (Å²) in [5, 5.41) is 13.4. The molecule has 0 amide bonds. The van der Waals surface area contributed by atoms with Crippen LogP contribution in [0.25, 0.3) is 0 Å². The topological polar surface area (TPSA) is 41.5 Å². The summed E-state index contributed by atoms with van der Waals surface area (Å²) in [6.07, 6.45) is 1.53. The van der Waals surface area contributed by atoms with Crippen molar-refractivity contribution in [3.8, 4) is 0 Å². The molecule has 2 N–H and O–H groups in total. The van der Waals surface area contributed by atoms with Crippen molar-refractivity contribution < 1.29 is 9.84 Å². The minimum atomic E-state index is -0.519. The van der Waals surface area contributed by atoms with Crippen LogP contribution >= 0.6 is 11.8 Å². The van der Waals surface area contributed by atoms with Crippen molar-refractivity contribution in [3.05, 3.63) is 0 Å². The van der Waals surface area contributed by atoms with Crippen molar-refractivity contribution in [2.24, 2.45) is 0 Å². The molecule has 0 bridgehead atoms. The Kier molecular flexibility index (Phi) is 5.86. The summed E-state index contributed by atoms with van der Waals surface area (Å²) in [7, 11) is 0. The Bertz CT molecular complexity index is 149. The van der Waals surface area contributed by atoms with Crippen LogP contribution in [0.2, 0.25) is 0 Å². The number of nitrogens with one attached hydrogen (secondary N) is 1. The molecule has 0 spiro atoms. The fourth-order valence-electron chi connectivity index (χ4n) is 1.54. The number of thioether (sulfide) groups is 1. The van der Waals surface area contributed by atoms with Crippen LogP contribution in [0.1, 0.15) is 19.8 Å². The first-order valence-corrected chi connectivity index (χ1v) is 6.51. The molecule has 0 aromatic rings. The lowest BCUT2D eigenvalue weighted by Gasteiger charge is -2.32. The van der Waals surface area contributed by atoms with Gasteiger partial charge in [0.2, 0.25) is 0 Å². The first kappa shape index (κ1) is 12.3. The average Bonchev–Trinajstić information content (AvgIpc) is 2.18. The highest BCUT2D eigenvalue weighted by Gasteiger charge is 2.28. The molecule has 14 heavy (non-hydrogen) atoms. The third kappa shape index (κ3) is 4.64. The van der Waals surface area contributed by atoms with Crippen LogP contribution < -0.4 is 5.32 Å². The summed E-state index contributed by atoms with van der Waals surface area (Å²) in [6, 6.07) is 0. The van der Waals surface area contributed by atoms with E-state index in [1.807, 2.05) is 11.8 Å². The summed E-state index contributed by atoms with van der Waals surface area (Å²) in [5.74, 6) is 2.29. The molecular weight excluding hydrogens is 198 g/mol. The Balaban J connectivity index is 2.03. The Labute approximate surface area is 90.6 Å². The smallest absolute Gasteiger partial charge is 0.0815 e. The molecule has 1 fully saturated rings. The fraction of sp³-hybridized carbons (Fsp3) is 1.00. The molecule has 0 atom stereocenters. The van der Waals surface area contributed by atoms with Crippen LogP contribution in [0.5, 0.6) is 0 Å². The highest BCUT2D eigenvalue weighted by molar-refractivity contribution is 7.99. The van der Waals surface area contributed by atoms with Gasteiger partial charge in [-0.1, -0.05) is 6.92 Å². The molecule has 1 aliphatic rings. The normalized spacial score (nSPS) is 21.0. The van der Waals surface area contributed by atoms with Crippen molar-refractivity contribution >= 4 is 11.8 Å². The molecular formula is C10H21NO2S. The molecule has 1 aliphatic heterocycles. The van der Waals surface area contributed by atoms with Gasteiger partial charge in [0.25, 0.3) is 0 Å². The van der Waals surface area contributed by atoms with Gasteiger partial charge in [-0.05, 0) is 5.75 Å². The van der Waals surface area contributed by atoms with Gasteiger partial charge in [-0.25, -0.2) is 0 Å². The van der Waals surface area contributed by atoms with Gasteiger partial charge in [-0.15, -0.1) is 0 Å². The quantitative estimate of drug-likeness (QED) is 0.651. The predicted molar refractivity (Wildman–Crippen MR) is 60.9 cm³/mol. The number of hydrogen-bond acceptors (Lipinski definition) is 4. The van der Waals surface area contributed by atoms with Crippen LogP contribution in [0, 0.1) is 0 Å². The number of ether oxygens (including phenoxy) is 1. The van der Waals surface area contributed by atoms with E-state index in [1.165, 1.54) is 5.75 Å². The lowest BCUT2D eigenvalue weighted by molar-refractivity contribution is -0.0612. The molecule has 3 nitrogen and oxygen atoms in total. The van der Waals surface area contributed by atoms with Crippen LogP contribution in [0.3, 0.4) is 0 Å². The molecule has 0 unspecified atom stereocenters. The van der Waals surface area contributed by atoms with Crippen molar-refractivity contribution in [1.82, 2.24) is 5.32 Å². The Hall–Kier alpha value is 0.230. The van der Waals surface area contributed by atoms with E-state index < -0.39 is 5.60 Å². The molecule has 1 rings (SSSR count). The zero-order chi connectivity index (χ0) is 10.3. The zero-order valence-electron chi connectivity index (χ0n) is 8.92. The van der Waals surface area contributed by atoms with E-state index in [2.05, 4.69) is 12.2 Å². The van der Waals surface area contributed by atoms with E-state index in [1.54, 1.807) is 0 Å². The lowest BCUT2D eigenvalue weighted by Crippen LogP contribution is -2.45. The number of hydrogen-bond donors (Lipinski definition) is 2. The van der Waals surface area contributed by atoms with Gasteiger partial charge in [0.15, 0.2) is 0 Å². The standard InChI is InChI=1S/C10H21NO2S/c1-2-14-8-5-11-9-10(12)3-6-13-7-4-10/h11-12H,2-9H2,1H3. The second-order valence-electron chi connectivity index (χ2n) is 3.71. The van der Waals surface area contributed by atoms with Crippen LogP contribution in [0.15, 0.2) is 0 Å². The minimum absolute atomic E-state index is 0.519. The van der Waals surface area contributed by atoms with Crippen LogP contribution in [0.4, 0.5) is 0 Å². The molecule has 0 saturated carbocycles. The second kappa shape index (κ2) is 6.67. The van der Waals surface area contributed by atoms with E-state index in [0.29, 0.717) is 19.8 Å². The largest absolute Gasteiger partial charge is 0.388 e. The summed E-state index contributed by atoms with van der Waals surface area (Å²) in [4.78, 5) is 0. The molecule has 0 aromatic carbocycles. The summed E-state index contributed by atoms with van der Waals surface area (Å²) >= 11 is 1.92. The molecule has 84 valence electrons. The highest BCUT2D eigenvalue weighted by Crippen LogP contribution is 2.19. The Morgan fingerprint density at radius 3 is 2.79 bits per heavy atom. The average molecular weight is 219 g/mol. The SMILES string of the molecule is CCSCCNCC1(O)CCOCC1. The van der Waals surface area contributed by atoms with E-state index in [9.17, 15) is 5.11 Å². The van der Waals surface area contributed by atoms with E-state index in [0.717, 1.165) is 25.1 Å². The summed E-state index contributed by atoms with van der Waals surface area (Å²) in [6.45, 7) is 5.25. The van der Waals surface area contributed by atoms with Crippen LogP contribution in [-0.2, 0) is 4.74 Å². The van der Waals surface area contributed by atoms with Gasteiger partial charge in [0.05, 0.1) is 5.60 Å². The Morgan fingerprint density at radius 2 is 2.14 bits per heavy atom. The van der Waals surface area contributed by atoms with E-state index in [4.69, 9.17) is 4.74 Å². The van der Waals surface area contributed by atoms with Gasteiger partial charge in [0.1, 0.15) is 0 Å².